The van der Waals surface area contributed by atoms with Crippen LogP contribution in [-0.2, 0) is 14.4 Å². The minimum absolute atomic E-state index is 0.0179. The summed E-state index contributed by atoms with van der Waals surface area (Å²) in [5.74, 6) is -0.642. The minimum Gasteiger partial charge on any atom is -0.497 e. The van der Waals surface area contributed by atoms with Gasteiger partial charge in [-0.05, 0) is 72.4 Å². The summed E-state index contributed by atoms with van der Waals surface area (Å²) in [6, 6.07) is 18.6. The molecule has 9 nitrogen and oxygen atoms in total. The van der Waals surface area contributed by atoms with Crippen molar-refractivity contribution in [3.05, 3.63) is 82.9 Å². The van der Waals surface area contributed by atoms with Crippen LogP contribution in [0.3, 0.4) is 0 Å². The van der Waals surface area contributed by atoms with E-state index in [1.54, 1.807) is 61.7 Å². The first-order chi connectivity index (χ1) is 18.3. The van der Waals surface area contributed by atoms with Crippen LogP contribution in [0.4, 0.5) is 11.4 Å². The molecule has 3 aromatic carbocycles. The molecule has 3 aromatic rings. The van der Waals surface area contributed by atoms with E-state index in [1.807, 2.05) is 0 Å². The van der Waals surface area contributed by atoms with Gasteiger partial charge in [0.2, 0.25) is 0 Å². The van der Waals surface area contributed by atoms with Crippen molar-refractivity contribution in [2.45, 2.75) is 0 Å². The SMILES string of the molecule is COc1ccc(NC(=O)COc2c(Cl)cc(/C=C3/C(=O)NC(=S)N(c4ccccc4)C3=O)cc2OC)cc1. The average molecular weight is 552 g/mol. The number of anilines is 2. The maximum Gasteiger partial charge on any atom is 0.270 e. The fourth-order valence-electron chi connectivity index (χ4n) is 3.61. The lowest BCUT2D eigenvalue weighted by Gasteiger charge is -2.28. The third-order valence-corrected chi connectivity index (χ3v) is 5.97. The van der Waals surface area contributed by atoms with Crippen molar-refractivity contribution in [3.63, 3.8) is 0 Å². The van der Waals surface area contributed by atoms with E-state index in [1.165, 1.54) is 30.2 Å². The summed E-state index contributed by atoms with van der Waals surface area (Å²) in [6.45, 7) is -0.340. The molecule has 11 heteroatoms. The Kier molecular flexibility index (Phi) is 8.25. The first kappa shape index (κ1) is 26.6. The molecule has 1 heterocycles. The molecule has 38 heavy (non-hydrogen) atoms. The Hall–Kier alpha value is -4.41. The zero-order valence-electron chi connectivity index (χ0n) is 20.3. The molecular weight excluding hydrogens is 530 g/mol. The number of thiocarbonyl (C=S) groups is 1. The molecule has 0 bridgehead atoms. The zero-order valence-corrected chi connectivity index (χ0v) is 21.9. The van der Waals surface area contributed by atoms with Crippen LogP contribution in [0, 0.1) is 0 Å². The van der Waals surface area contributed by atoms with Gasteiger partial charge in [-0.3, -0.25) is 24.6 Å². The van der Waals surface area contributed by atoms with Crippen LogP contribution in [0.15, 0.2) is 72.3 Å². The number of amides is 3. The summed E-state index contributed by atoms with van der Waals surface area (Å²) in [5.41, 5.74) is 1.34. The average Bonchev–Trinajstić information content (AvgIpc) is 2.91. The number of methoxy groups -OCH3 is 2. The smallest absolute Gasteiger partial charge is 0.270 e. The number of rotatable bonds is 8. The summed E-state index contributed by atoms with van der Waals surface area (Å²) in [5, 5.41) is 5.34. The van der Waals surface area contributed by atoms with Crippen LogP contribution in [0.1, 0.15) is 5.56 Å². The lowest BCUT2D eigenvalue weighted by Crippen LogP contribution is -2.54. The molecule has 0 saturated carbocycles. The molecule has 0 aliphatic carbocycles. The van der Waals surface area contributed by atoms with Gasteiger partial charge in [0.15, 0.2) is 23.2 Å². The number of benzene rings is 3. The quantitative estimate of drug-likeness (QED) is 0.245. The maximum absolute atomic E-state index is 13.2. The highest BCUT2D eigenvalue weighted by Gasteiger charge is 2.34. The number of hydrogen-bond acceptors (Lipinski definition) is 7. The van der Waals surface area contributed by atoms with Crippen molar-refractivity contribution in [2.75, 3.05) is 31.0 Å². The van der Waals surface area contributed by atoms with Crippen LogP contribution in [0.25, 0.3) is 6.08 Å². The Balaban J connectivity index is 1.52. The molecule has 1 aliphatic rings. The molecule has 3 amide bonds. The minimum atomic E-state index is -0.641. The van der Waals surface area contributed by atoms with Gasteiger partial charge >= 0.3 is 0 Å². The van der Waals surface area contributed by atoms with Gasteiger partial charge in [0.05, 0.1) is 24.9 Å². The van der Waals surface area contributed by atoms with Crippen LogP contribution in [-0.4, -0.2) is 43.7 Å². The number of ether oxygens (including phenoxy) is 3. The molecule has 4 rings (SSSR count). The lowest BCUT2D eigenvalue weighted by molar-refractivity contribution is -0.122. The Bertz CT molecular complexity index is 1430. The number of para-hydroxylation sites is 1. The maximum atomic E-state index is 13.2. The number of nitrogens with one attached hydrogen (secondary N) is 2. The Morgan fingerprint density at radius 3 is 2.42 bits per heavy atom. The van der Waals surface area contributed by atoms with Gasteiger partial charge in [0, 0.05) is 5.69 Å². The molecule has 1 fully saturated rings. The topological polar surface area (TPSA) is 106 Å². The van der Waals surface area contributed by atoms with Gasteiger partial charge < -0.3 is 19.5 Å². The summed E-state index contributed by atoms with van der Waals surface area (Å²) >= 11 is 11.6. The molecule has 2 N–H and O–H groups in total. The summed E-state index contributed by atoms with van der Waals surface area (Å²) < 4.78 is 16.1. The number of halogens is 1. The second-order valence-corrected chi connectivity index (χ2v) is 8.69. The van der Waals surface area contributed by atoms with E-state index in [0.717, 1.165) is 0 Å². The molecule has 1 aliphatic heterocycles. The third-order valence-electron chi connectivity index (χ3n) is 5.40. The molecule has 0 aromatic heterocycles. The molecular formula is C27H22ClN3O6S. The first-order valence-electron chi connectivity index (χ1n) is 11.2. The highest BCUT2D eigenvalue weighted by atomic mass is 35.5. The molecule has 0 atom stereocenters. The van der Waals surface area contributed by atoms with Crippen molar-refractivity contribution in [3.8, 4) is 17.2 Å². The highest BCUT2D eigenvalue weighted by Crippen LogP contribution is 2.37. The third kappa shape index (κ3) is 5.93. The van der Waals surface area contributed by atoms with Gasteiger partial charge in [-0.15, -0.1) is 0 Å². The zero-order chi connectivity index (χ0) is 27.2. The molecule has 194 valence electrons. The number of nitrogens with zero attached hydrogens (tertiary/aromatic N) is 1. The molecule has 1 saturated heterocycles. The lowest BCUT2D eigenvalue weighted by atomic mass is 10.1. The van der Waals surface area contributed by atoms with E-state index in [4.69, 9.17) is 38.0 Å². The largest absolute Gasteiger partial charge is 0.497 e. The van der Waals surface area contributed by atoms with E-state index < -0.39 is 17.7 Å². The van der Waals surface area contributed by atoms with Crippen LogP contribution in [0.2, 0.25) is 5.02 Å². The Morgan fingerprint density at radius 1 is 1.05 bits per heavy atom. The summed E-state index contributed by atoms with van der Waals surface area (Å²) in [7, 11) is 2.96. The monoisotopic (exact) mass is 551 g/mol. The Labute approximate surface area is 228 Å². The van der Waals surface area contributed by atoms with Crippen LogP contribution in [0.5, 0.6) is 17.2 Å². The fourth-order valence-corrected chi connectivity index (χ4v) is 4.16. The number of hydrogen-bond donors (Lipinski definition) is 2. The van der Waals surface area contributed by atoms with E-state index in [2.05, 4.69) is 10.6 Å². The number of carbonyl (C=O) groups excluding carboxylic acids is 3. The van der Waals surface area contributed by atoms with Gasteiger partial charge in [0.1, 0.15) is 11.3 Å². The number of carbonyl (C=O) groups is 3. The predicted molar refractivity (Wildman–Crippen MR) is 148 cm³/mol. The van der Waals surface area contributed by atoms with Crippen molar-refractivity contribution in [2.24, 2.45) is 0 Å². The summed E-state index contributed by atoms with van der Waals surface area (Å²) in [6.07, 6.45) is 1.38. The van der Waals surface area contributed by atoms with Gasteiger partial charge in [0.25, 0.3) is 17.7 Å². The second-order valence-electron chi connectivity index (χ2n) is 7.89. The fraction of sp³-hybridized carbons (Fsp3) is 0.111. The predicted octanol–water partition coefficient (Wildman–Crippen LogP) is 4.21. The normalized spacial score (nSPS) is 14.2. The van der Waals surface area contributed by atoms with E-state index in [0.29, 0.717) is 22.7 Å². The first-order valence-corrected chi connectivity index (χ1v) is 12.0. The molecule has 0 radical (unpaired) electrons. The highest BCUT2D eigenvalue weighted by molar-refractivity contribution is 7.80. The van der Waals surface area contributed by atoms with Crippen molar-refractivity contribution < 1.29 is 28.6 Å². The van der Waals surface area contributed by atoms with Gasteiger partial charge in [-0.25, -0.2) is 0 Å². The van der Waals surface area contributed by atoms with Crippen molar-refractivity contribution in [1.29, 1.82) is 0 Å². The standard InChI is InChI=1S/C27H22ClN3O6S/c1-35-19-10-8-17(9-11-19)29-23(32)15-37-24-21(28)13-16(14-22(24)36-2)12-20-25(33)30-27(38)31(26(20)34)18-6-4-3-5-7-18/h3-14H,15H2,1-2H3,(H,29,32)(H,30,33,38)/b20-12-. The van der Waals surface area contributed by atoms with Crippen LogP contribution >= 0.6 is 23.8 Å². The van der Waals surface area contributed by atoms with Gasteiger partial charge in [-0.1, -0.05) is 29.8 Å². The van der Waals surface area contributed by atoms with Crippen LogP contribution < -0.4 is 29.7 Å². The van der Waals surface area contributed by atoms with Crippen molar-refractivity contribution >= 4 is 64.1 Å². The molecule has 0 spiro atoms. The Morgan fingerprint density at radius 2 is 1.76 bits per heavy atom. The summed E-state index contributed by atoms with van der Waals surface area (Å²) in [4.78, 5) is 39.4. The van der Waals surface area contributed by atoms with Gasteiger partial charge in [-0.2, -0.15) is 0 Å². The van der Waals surface area contributed by atoms with E-state index >= 15 is 0 Å². The second kappa shape index (κ2) is 11.8. The van der Waals surface area contributed by atoms with E-state index in [-0.39, 0.29) is 33.8 Å². The van der Waals surface area contributed by atoms with E-state index in [9.17, 15) is 14.4 Å². The molecule has 0 unspecified atom stereocenters. The van der Waals surface area contributed by atoms with Crippen molar-refractivity contribution in [1.82, 2.24) is 5.32 Å².